The third kappa shape index (κ3) is 5.58. The Kier molecular flexibility index (Phi) is 6.72. The van der Waals surface area contributed by atoms with Crippen LogP contribution in [0.2, 0.25) is 0 Å². The average molecular weight is 402 g/mol. The van der Waals surface area contributed by atoms with Crippen LogP contribution < -0.4 is 11.1 Å². The standard InChI is InChI=1S/C20H27N5O2S/c1-13(2)12-25-17(11-10-16(21)26)23-24-20(25)28-18(14-6-4-3-5-7-14)19(27)22-15-8-9-15/h3-7,13,15,18H,8-12H2,1-2H3,(H2,21,26)(H,22,27). The van der Waals surface area contributed by atoms with Crippen molar-refractivity contribution in [3.8, 4) is 0 Å². The van der Waals surface area contributed by atoms with Crippen molar-refractivity contribution >= 4 is 23.6 Å². The number of nitrogens with two attached hydrogens (primary N) is 1. The smallest absolute Gasteiger partial charge is 0.238 e. The van der Waals surface area contributed by atoms with E-state index in [1.54, 1.807) is 0 Å². The lowest BCUT2D eigenvalue weighted by atomic mass is 10.1. The van der Waals surface area contributed by atoms with Crippen LogP contribution in [-0.2, 0) is 22.6 Å². The van der Waals surface area contributed by atoms with E-state index in [1.807, 2.05) is 34.9 Å². The molecular formula is C20H27N5O2S. The van der Waals surface area contributed by atoms with Gasteiger partial charge in [0, 0.05) is 25.4 Å². The number of rotatable bonds is 10. The fourth-order valence-electron chi connectivity index (χ4n) is 2.89. The molecule has 1 heterocycles. The van der Waals surface area contributed by atoms with Crippen LogP contribution in [0, 0.1) is 5.92 Å². The monoisotopic (exact) mass is 401 g/mol. The highest BCUT2D eigenvalue weighted by Gasteiger charge is 2.30. The first-order valence-electron chi connectivity index (χ1n) is 9.66. The van der Waals surface area contributed by atoms with Gasteiger partial charge in [0.2, 0.25) is 11.8 Å². The second-order valence-electron chi connectivity index (χ2n) is 7.56. The summed E-state index contributed by atoms with van der Waals surface area (Å²) in [6, 6.07) is 10.0. The Balaban J connectivity index is 1.86. The van der Waals surface area contributed by atoms with Crippen molar-refractivity contribution in [1.29, 1.82) is 0 Å². The van der Waals surface area contributed by atoms with Gasteiger partial charge in [-0.2, -0.15) is 0 Å². The number of nitrogens with zero attached hydrogens (tertiary/aromatic N) is 3. The van der Waals surface area contributed by atoms with E-state index in [0.717, 1.165) is 30.8 Å². The molecular weight excluding hydrogens is 374 g/mol. The largest absolute Gasteiger partial charge is 0.370 e. The minimum absolute atomic E-state index is 0.00326. The molecule has 1 saturated carbocycles. The SMILES string of the molecule is CC(C)Cn1c(CCC(N)=O)nnc1SC(C(=O)NC1CC1)c1ccccc1. The van der Waals surface area contributed by atoms with Crippen molar-refractivity contribution in [1.82, 2.24) is 20.1 Å². The highest BCUT2D eigenvalue weighted by molar-refractivity contribution is 8.00. The van der Waals surface area contributed by atoms with Crippen LogP contribution in [0.1, 0.15) is 49.7 Å². The molecule has 7 nitrogen and oxygen atoms in total. The van der Waals surface area contributed by atoms with Crippen molar-refractivity contribution in [3.05, 3.63) is 41.7 Å². The van der Waals surface area contributed by atoms with E-state index in [4.69, 9.17) is 5.73 Å². The molecule has 8 heteroatoms. The molecule has 1 aromatic heterocycles. The fourth-order valence-corrected chi connectivity index (χ4v) is 3.96. The Morgan fingerprint density at radius 3 is 2.57 bits per heavy atom. The number of nitrogens with one attached hydrogen (secondary N) is 1. The summed E-state index contributed by atoms with van der Waals surface area (Å²) in [6.45, 7) is 4.94. The number of hydrogen-bond donors (Lipinski definition) is 2. The van der Waals surface area contributed by atoms with Gasteiger partial charge < -0.3 is 15.6 Å². The molecule has 0 radical (unpaired) electrons. The summed E-state index contributed by atoms with van der Waals surface area (Å²) in [5, 5.41) is 12.0. The number of hydrogen-bond acceptors (Lipinski definition) is 5. The highest BCUT2D eigenvalue weighted by atomic mass is 32.2. The molecule has 2 amide bonds. The first-order valence-corrected chi connectivity index (χ1v) is 10.5. The molecule has 1 fully saturated rings. The molecule has 0 saturated heterocycles. The Hall–Kier alpha value is -2.35. The summed E-state index contributed by atoms with van der Waals surface area (Å²) in [4.78, 5) is 24.1. The molecule has 0 aliphatic heterocycles. The van der Waals surface area contributed by atoms with Crippen molar-refractivity contribution in [2.75, 3.05) is 0 Å². The van der Waals surface area contributed by atoms with E-state index in [1.165, 1.54) is 11.8 Å². The number of thioether (sulfide) groups is 1. The number of carbonyl (C=O) groups excluding carboxylic acids is 2. The van der Waals surface area contributed by atoms with Crippen LogP contribution in [0.25, 0.3) is 0 Å². The van der Waals surface area contributed by atoms with Gasteiger partial charge in [-0.15, -0.1) is 10.2 Å². The van der Waals surface area contributed by atoms with Gasteiger partial charge in [0.25, 0.3) is 0 Å². The zero-order valence-electron chi connectivity index (χ0n) is 16.3. The molecule has 0 spiro atoms. The van der Waals surface area contributed by atoms with Gasteiger partial charge in [-0.25, -0.2) is 0 Å². The lowest BCUT2D eigenvalue weighted by Gasteiger charge is -2.18. The van der Waals surface area contributed by atoms with Gasteiger partial charge in [-0.3, -0.25) is 9.59 Å². The molecule has 3 rings (SSSR count). The van der Waals surface area contributed by atoms with Crippen LogP contribution in [0.15, 0.2) is 35.5 Å². The molecule has 3 N–H and O–H groups in total. The molecule has 28 heavy (non-hydrogen) atoms. The second-order valence-corrected chi connectivity index (χ2v) is 8.63. The summed E-state index contributed by atoms with van der Waals surface area (Å²) in [5.74, 6) is 0.735. The molecule has 0 bridgehead atoms. The van der Waals surface area contributed by atoms with Crippen molar-refractivity contribution in [3.63, 3.8) is 0 Å². The second kappa shape index (κ2) is 9.23. The summed E-state index contributed by atoms with van der Waals surface area (Å²) in [5.41, 5.74) is 6.23. The molecule has 1 unspecified atom stereocenters. The Bertz CT molecular complexity index is 817. The maximum atomic E-state index is 12.9. The van der Waals surface area contributed by atoms with Gasteiger partial charge in [-0.1, -0.05) is 55.9 Å². The topological polar surface area (TPSA) is 103 Å². The van der Waals surface area contributed by atoms with E-state index in [0.29, 0.717) is 23.5 Å². The predicted octanol–water partition coefficient (Wildman–Crippen LogP) is 2.46. The molecule has 1 aliphatic rings. The minimum atomic E-state index is -0.402. The zero-order chi connectivity index (χ0) is 20.1. The van der Waals surface area contributed by atoms with E-state index in [2.05, 4.69) is 29.4 Å². The lowest BCUT2D eigenvalue weighted by Crippen LogP contribution is -2.30. The molecule has 2 aromatic rings. The average Bonchev–Trinajstić information content (AvgIpc) is 3.39. The number of primary amides is 1. The van der Waals surface area contributed by atoms with Crippen molar-refractivity contribution in [2.45, 2.75) is 62.5 Å². The summed E-state index contributed by atoms with van der Waals surface area (Å²) < 4.78 is 2.01. The van der Waals surface area contributed by atoms with Crippen LogP contribution in [-0.4, -0.2) is 32.6 Å². The summed E-state index contributed by atoms with van der Waals surface area (Å²) >= 11 is 1.40. The Labute approximate surface area is 169 Å². The number of amides is 2. The molecule has 1 aliphatic carbocycles. The Morgan fingerprint density at radius 2 is 1.96 bits per heavy atom. The first kappa shape index (κ1) is 20.4. The van der Waals surface area contributed by atoms with E-state index < -0.39 is 5.25 Å². The first-order chi connectivity index (χ1) is 13.4. The number of aromatic nitrogens is 3. The molecule has 150 valence electrons. The van der Waals surface area contributed by atoms with Crippen molar-refractivity contribution in [2.24, 2.45) is 11.7 Å². The number of aryl methyl sites for hydroxylation is 1. The van der Waals surface area contributed by atoms with Crippen LogP contribution in [0.4, 0.5) is 0 Å². The van der Waals surface area contributed by atoms with Gasteiger partial charge in [0.05, 0.1) is 0 Å². The summed E-state index contributed by atoms with van der Waals surface area (Å²) in [7, 11) is 0. The maximum absolute atomic E-state index is 12.9. The molecule has 1 aromatic carbocycles. The fraction of sp³-hybridized carbons (Fsp3) is 0.500. The van der Waals surface area contributed by atoms with Crippen LogP contribution in [0.5, 0.6) is 0 Å². The number of carbonyl (C=O) groups is 2. The highest BCUT2D eigenvalue weighted by Crippen LogP contribution is 2.36. The Morgan fingerprint density at radius 1 is 1.25 bits per heavy atom. The van der Waals surface area contributed by atoms with Gasteiger partial charge >= 0.3 is 0 Å². The van der Waals surface area contributed by atoms with Gasteiger partial charge in [0.1, 0.15) is 11.1 Å². The van der Waals surface area contributed by atoms with Gasteiger partial charge in [0.15, 0.2) is 5.16 Å². The van der Waals surface area contributed by atoms with E-state index in [9.17, 15) is 9.59 Å². The third-order valence-corrected chi connectivity index (χ3v) is 5.66. The summed E-state index contributed by atoms with van der Waals surface area (Å²) in [6.07, 6.45) is 2.75. The quantitative estimate of drug-likeness (QED) is 0.595. The van der Waals surface area contributed by atoms with Crippen molar-refractivity contribution < 1.29 is 9.59 Å². The molecule has 1 atom stereocenters. The lowest BCUT2D eigenvalue weighted by molar-refractivity contribution is -0.121. The van der Waals surface area contributed by atoms with Crippen LogP contribution >= 0.6 is 11.8 Å². The maximum Gasteiger partial charge on any atom is 0.238 e. The predicted molar refractivity (Wildman–Crippen MR) is 109 cm³/mol. The van der Waals surface area contributed by atoms with Crippen LogP contribution in [0.3, 0.4) is 0 Å². The minimum Gasteiger partial charge on any atom is -0.370 e. The van der Waals surface area contributed by atoms with Gasteiger partial charge in [-0.05, 0) is 24.3 Å². The zero-order valence-corrected chi connectivity index (χ0v) is 17.1. The third-order valence-electron chi connectivity index (χ3n) is 4.42. The van der Waals surface area contributed by atoms with E-state index >= 15 is 0 Å². The van der Waals surface area contributed by atoms with E-state index in [-0.39, 0.29) is 18.2 Å². The normalized spacial score (nSPS) is 14.8. The number of benzene rings is 1.